The molecule has 1 N–H and O–H groups in total. The number of carbonyl (C=O) groups is 1. The number of carboxylic acid groups (broad SMARTS) is 1. The Morgan fingerprint density at radius 2 is 1.95 bits per heavy atom. The summed E-state index contributed by atoms with van der Waals surface area (Å²) >= 11 is 3.21. The summed E-state index contributed by atoms with van der Waals surface area (Å²) in [6.07, 6.45) is 0. The molecule has 0 unspecified atom stereocenters. The van der Waals surface area contributed by atoms with Gasteiger partial charge in [0.05, 0.1) is 11.3 Å². The molecule has 0 fully saturated rings. The molecule has 0 amide bonds. The van der Waals surface area contributed by atoms with E-state index < -0.39 is 17.3 Å². The van der Waals surface area contributed by atoms with Crippen LogP contribution in [0.15, 0.2) is 33.5 Å². The van der Waals surface area contributed by atoms with E-state index in [1.54, 1.807) is 6.92 Å². The van der Waals surface area contributed by atoms with Crippen molar-refractivity contribution in [2.24, 2.45) is 0 Å². The molecular weight excluding hydrogens is 329 g/mol. The van der Waals surface area contributed by atoms with Gasteiger partial charge in [0.1, 0.15) is 5.82 Å². The van der Waals surface area contributed by atoms with Gasteiger partial charge in [-0.1, -0.05) is 15.9 Å². The van der Waals surface area contributed by atoms with E-state index in [1.165, 1.54) is 31.2 Å². The van der Waals surface area contributed by atoms with Gasteiger partial charge in [0.15, 0.2) is 0 Å². The lowest BCUT2D eigenvalue weighted by Crippen LogP contribution is -2.24. The van der Waals surface area contributed by atoms with Crippen LogP contribution in [0.5, 0.6) is 0 Å². The second kappa shape index (κ2) is 5.20. The number of aromatic carboxylic acids is 1. The number of benzene rings is 1. The zero-order chi connectivity index (χ0) is 15.0. The maximum absolute atomic E-state index is 13.9. The number of hydrogen-bond donors (Lipinski definition) is 1. The summed E-state index contributed by atoms with van der Waals surface area (Å²) in [6.45, 7) is 3.03. The molecule has 2 rings (SSSR count). The van der Waals surface area contributed by atoms with Gasteiger partial charge in [-0.3, -0.25) is 9.36 Å². The van der Waals surface area contributed by atoms with E-state index in [-0.39, 0.29) is 16.9 Å². The van der Waals surface area contributed by atoms with Gasteiger partial charge < -0.3 is 5.11 Å². The highest BCUT2D eigenvalue weighted by Gasteiger charge is 2.18. The Kier molecular flexibility index (Phi) is 3.76. The highest BCUT2D eigenvalue weighted by molar-refractivity contribution is 9.10. The molecule has 0 radical (unpaired) electrons. The second-order valence-electron chi connectivity index (χ2n) is 4.36. The van der Waals surface area contributed by atoms with E-state index in [0.29, 0.717) is 10.0 Å². The zero-order valence-electron chi connectivity index (χ0n) is 10.8. The van der Waals surface area contributed by atoms with E-state index >= 15 is 0 Å². The Balaban J connectivity index is 2.88. The van der Waals surface area contributed by atoms with Crippen LogP contribution in [0.4, 0.5) is 4.39 Å². The Hall–Kier alpha value is -1.95. The fraction of sp³-hybridized carbons (Fsp3) is 0.143. The van der Waals surface area contributed by atoms with Crippen molar-refractivity contribution in [3.8, 4) is 5.69 Å². The van der Waals surface area contributed by atoms with Crippen LogP contribution in [0.3, 0.4) is 0 Å². The van der Waals surface area contributed by atoms with Crippen molar-refractivity contribution >= 4 is 21.9 Å². The topological polar surface area (TPSA) is 59.3 Å². The molecule has 4 nitrogen and oxygen atoms in total. The molecule has 0 aliphatic carbocycles. The predicted molar refractivity (Wildman–Crippen MR) is 76.1 cm³/mol. The first kappa shape index (κ1) is 14.5. The summed E-state index contributed by atoms with van der Waals surface area (Å²) in [5.74, 6) is -1.75. The number of rotatable bonds is 2. The standard InChI is InChI=1S/C14H11BrFNO3/c1-7-5-12(18)17(8(2)13(7)14(19)20)11-6-9(15)3-4-10(11)16/h3-6H,1-2H3,(H,19,20). The van der Waals surface area contributed by atoms with Crippen LogP contribution < -0.4 is 5.56 Å². The van der Waals surface area contributed by atoms with Crippen LogP contribution in [0.1, 0.15) is 21.6 Å². The summed E-state index contributed by atoms with van der Waals surface area (Å²) in [6, 6.07) is 5.35. The first-order valence-electron chi connectivity index (χ1n) is 5.75. The molecule has 6 heteroatoms. The van der Waals surface area contributed by atoms with E-state index in [4.69, 9.17) is 0 Å². The lowest BCUT2D eigenvalue weighted by atomic mass is 10.1. The van der Waals surface area contributed by atoms with Crippen LogP contribution in [-0.2, 0) is 0 Å². The Labute approximate surface area is 122 Å². The summed E-state index contributed by atoms with van der Waals surface area (Å²) in [4.78, 5) is 23.4. The van der Waals surface area contributed by atoms with Crippen molar-refractivity contribution < 1.29 is 14.3 Å². The first-order chi connectivity index (χ1) is 9.32. The number of pyridine rings is 1. The molecular formula is C14H11BrFNO3. The minimum absolute atomic E-state index is 0.00368. The van der Waals surface area contributed by atoms with Gasteiger partial charge in [-0.15, -0.1) is 0 Å². The molecule has 0 aliphatic heterocycles. The van der Waals surface area contributed by atoms with Crippen LogP contribution in [-0.4, -0.2) is 15.6 Å². The predicted octanol–water partition coefficient (Wildman–Crippen LogP) is 3.05. The maximum Gasteiger partial charge on any atom is 0.337 e. The average molecular weight is 340 g/mol. The van der Waals surface area contributed by atoms with Crippen molar-refractivity contribution in [1.82, 2.24) is 4.57 Å². The summed E-state index contributed by atoms with van der Waals surface area (Å²) in [7, 11) is 0. The minimum Gasteiger partial charge on any atom is -0.478 e. The van der Waals surface area contributed by atoms with Crippen molar-refractivity contribution in [1.29, 1.82) is 0 Å². The number of aromatic nitrogens is 1. The van der Waals surface area contributed by atoms with Gasteiger partial charge in [0, 0.05) is 16.2 Å². The summed E-state index contributed by atoms with van der Waals surface area (Å²) in [5.41, 5.74) is 0.0986. The van der Waals surface area contributed by atoms with E-state index in [1.807, 2.05) is 0 Å². The lowest BCUT2D eigenvalue weighted by molar-refractivity contribution is 0.0694. The van der Waals surface area contributed by atoms with E-state index in [9.17, 15) is 19.1 Å². The van der Waals surface area contributed by atoms with E-state index in [0.717, 1.165) is 4.57 Å². The summed E-state index contributed by atoms with van der Waals surface area (Å²) < 4.78 is 15.6. The highest BCUT2D eigenvalue weighted by atomic mass is 79.9. The number of aryl methyl sites for hydroxylation is 1. The molecule has 0 spiro atoms. The fourth-order valence-corrected chi connectivity index (χ4v) is 2.51. The van der Waals surface area contributed by atoms with Crippen LogP contribution in [0, 0.1) is 19.7 Å². The molecule has 1 heterocycles. The first-order valence-corrected chi connectivity index (χ1v) is 6.54. The molecule has 0 aliphatic rings. The van der Waals surface area contributed by atoms with Crippen LogP contribution in [0.25, 0.3) is 5.69 Å². The molecule has 20 heavy (non-hydrogen) atoms. The minimum atomic E-state index is -1.15. The second-order valence-corrected chi connectivity index (χ2v) is 5.28. The van der Waals surface area contributed by atoms with Gasteiger partial charge in [-0.2, -0.15) is 0 Å². The maximum atomic E-state index is 13.9. The molecule has 0 saturated carbocycles. The van der Waals surface area contributed by atoms with Crippen LogP contribution >= 0.6 is 15.9 Å². The smallest absolute Gasteiger partial charge is 0.337 e. The quantitative estimate of drug-likeness (QED) is 0.914. The molecule has 104 valence electrons. The van der Waals surface area contributed by atoms with Gasteiger partial charge in [-0.25, -0.2) is 9.18 Å². The molecule has 0 bridgehead atoms. The average Bonchev–Trinajstić information content (AvgIpc) is 2.32. The Morgan fingerprint density at radius 1 is 1.30 bits per heavy atom. The largest absolute Gasteiger partial charge is 0.478 e. The van der Waals surface area contributed by atoms with Crippen molar-refractivity contribution in [2.75, 3.05) is 0 Å². The van der Waals surface area contributed by atoms with Crippen molar-refractivity contribution in [2.45, 2.75) is 13.8 Å². The van der Waals surface area contributed by atoms with Crippen LogP contribution in [0.2, 0.25) is 0 Å². The number of halogens is 2. The van der Waals surface area contributed by atoms with Gasteiger partial charge in [0.2, 0.25) is 0 Å². The molecule has 2 aromatic rings. The SMILES string of the molecule is Cc1cc(=O)n(-c2cc(Br)ccc2F)c(C)c1C(=O)O. The molecule has 0 atom stereocenters. The third-order valence-corrected chi connectivity index (χ3v) is 3.51. The number of nitrogens with zero attached hydrogens (tertiary/aromatic N) is 1. The number of hydrogen-bond acceptors (Lipinski definition) is 2. The Morgan fingerprint density at radius 3 is 2.55 bits per heavy atom. The zero-order valence-corrected chi connectivity index (χ0v) is 12.4. The molecule has 1 aromatic carbocycles. The fourth-order valence-electron chi connectivity index (χ4n) is 2.16. The normalized spacial score (nSPS) is 10.6. The monoisotopic (exact) mass is 339 g/mol. The third-order valence-electron chi connectivity index (χ3n) is 3.01. The summed E-state index contributed by atoms with van der Waals surface area (Å²) in [5, 5.41) is 9.21. The molecule has 0 saturated heterocycles. The lowest BCUT2D eigenvalue weighted by Gasteiger charge is -2.15. The van der Waals surface area contributed by atoms with Crippen molar-refractivity contribution in [3.05, 3.63) is 61.7 Å². The molecule has 1 aromatic heterocycles. The van der Waals surface area contributed by atoms with Crippen molar-refractivity contribution in [3.63, 3.8) is 0 Å². The number of carboxylic acids is 1. The van der Waals surface area contributed by atoms with Gasteiger partial charge in [0.25, 0.3) is 5.56 Å². The van der Waals surface area contributed by atoms with Gasteiger partial charge in [-0.05, 0) is 37.6 Å². The van der Waals surface area contributed by atoms with E-state index in [2.05, 4.69) is 15.9 Å². The Bertz CT molecular complexity index is 768. The van der Waals surface area contributed by atoms with Gasteiger partial charge >= 0.3 is 5.97 Å². The highest BCUT2D eigenvalue weighted by Crippen LogP contribution is 2.21. The third kappa shape index (κ3) is 2.38.